The highest BCUT2D eigenvalue weighted by Crippen LogP contribution is 2.21. The zero-order valence-corrected chi connectivity index (χ0v) is 11.4. The van der Waals surface area contributed by atoms with Gasteiger partial charge in [-0.3, -0.25) is 0 Å². The number of carboxylic acid groups (broad SMARTS) is 2. The zero-order chi connectivity index (χ0) is 15.2. The fourth-order valence-electron chi connectivity index (χ4n) is 1.40. The summed E-state index contributed by atoms with van der Waals surface area (Å²) in [7, 11) is 0. The predicted molar refractivity (Wildman–Crippen MR) is 75.6 cm³/mol. The molecular formula is C14H10O6S. The summed E-state index contributed by atoms with van der Waals surface area (Å²) in [6.07, 6.45) is 0. The normalized spacial score (nSPS) is 9.90. The summed E-state index contributed by atoms with van der Waals surface area (Å²) in [4.78, 5) is 21.3. The third-order valence-corrected chi connectivity index (χ3v) is 2.98. The second-order valence-corrected chi connectivity index (χ2v) is 4.36. The molecule has 0 aliphatic carbocycles. The molecule has 0 amide bonds. The SMILES string of the molecule is O=C(O)c1ccc(OSOc2ccc(C(=O)O)cc2)cc1. The molecule has 2 aromatic carbocycles. The Labute approximate surface area is 124 Å². The van der Waals surface area contributed by atoms with E-state index in [4.69, 9.17) is 18.6 Å². The van der Waals surface area contributed by atoms with Crippen LogP contribution in [0.5, 0.6) is 11.5 Å². The smallest absolute Gasteiger partial charge is 0.335 e. The molecule has 0 aliphatic rings. The topological polar surface area (TPSA) is 93.1 Å². The highest BCUT2D eigenvalue weighted by molar-refractivity contribution is 7.90. The number of carbonyl (C=O) groups is 2. The molecule has 0 spiro atoms. The van der Waals surface area contributed by atoms with Gasteiger partial charge in [0.25, 0.3) is 12.3 Å². The van der Waals surface area contributed by atoms with Crippen LogP contribution in [0.3, 0.4) is 0 Å². The summed E-state index contributed by atoms with van der Waals surface area (Å²) in [5, 5.41) is 17.5. The number of aromatic carboxylic acids is 2. The van der Waals surface area contributed by atoms with E-state index in [9.17, 15) is 9.59 Å². The molecule has 0 atom stereocenters. The molecule has 0 saturated heterocycles. The Morgan fingerprint density at radius 1 is 0.714 bits per heavy atom. The average molecular weight is 306 g/mol. The molecule has 2 aromatic rings. The average Bonchev–Trinajstić information content (AvgIpc) is 2.48. The Balaban J connectivity index is 1.86. The van der Waals surface area contributed by atoms with Crippen molar-refractivity contribution in [2.24, 2.45) is 0 Å². The number of benzene rings is 2. The minimum atomic E-state index is -1.01. The standard InChI is InChI=1S/C14H10O6S/c15-13(16)9-1-5-11(6-2-9)19-21-20-12-7-3-10(4-8-12)14(17)18/h1-8H,(H,15,16)(H,17,18). The van der Waals surface area contributed by atoms with Crippen LogP contribution in [0.2, 0.25) is 0 Å². The summed E-state index contributed by atoms with van der Waals surface area (Å²) in [5.74, 6) is -1.15. The van der Waals surface area contributed by atoms with Crippen molar-refractivity contribution in [3.63, 3.8) is 0 Å². The van der Waals surface area contributed by atoms with Crippen LogP contribution in [0, 0.1) is 0 Å². The van der Waals surface area contributed by atoms with E-state index in [1.54, 1.807) is 0 Å². The Morgan fingerprint density at radius 3 is 1.33 bits per heavy atom. The van der Waals surface area contributed by atoms with Crippen molar-refractivity contribution in [3.05, 3.63) is 59.7 Å². The third-order valence-electron chi connectivity index (χ3n) is 2.46. The van der Waals surface area contributed by atoms with Crippen LogP contribution in [0.1, 0.15) is 20.7 Å². The maximum absolute atomic E-state index is 10.7. The van der Waals surface area contributed by atoms with Gasteiger partial charge in [0.1, 0.15) is 11.5 Å². The van der Waals surface area contributed by atoms with Gasteiger partial charge in [0.2, 0.25) is 0 Å². The minimum Gasteiger partial charge on any atom is -0.478 e. The van der Waals surface area contributed by atoms with Crippen LogP contribution in [0.4, 0.5) is 0 Å². The van der Waals surface area contributed by atoms with Gasteiger partial charge < -0.3 is 18.6 Å². The van der Waals surface area contributed by atoms with Crippen molar-refractivity contribution in [2.45, 2.75) is 0 Å². The van der Waals surface area contributed by atoms with Crippen molar-refractivity contribution < 1.29 is 28.2 Å². The van der Waals surface area contributed by atoms with Gasteiger partial charge in [0.05, 0.1) is 11.1 Å². The van der Waals surface area contributed by atoms with Gasteiger partial charge in [0, 0.05) is 0 Å². The van der Waals surface area contributed by atoms with Crippen molar-refractivity contribution >= 4 is 24.3 Å². The summed E-state index contributed by atoms with van der Waals surface area (Å²) >= 11 is 0.693. The lowest BCUT2D eigenvalue weighted by Crippen LogP contribution is -1.96. The van der Waals surface area contributed by atoms with Crippen molar-refractivity contribution in [2.75, 3.05) is 0 Å². The molecule has 7 heteroatoms. The lowest BCUT2D eigenvalue weighted by atomic mass is 10.2. The van der Waals surface area contributed by atoms with Crippen LogP contribution < -0.4 is 8.37 Å². The maximum atomic E-state index is 10.7. The molecule has 2 rings (SSSR count). The molecule has 108 valence electrons. The second-order valence-electron chi connectivity index (χ2n) is 3.89. The van der Waals surface area contributed by atoms with Gasteiger partial charge in [-0.2, -0.15) is 0 Å². The molecule has 0 aliphatic heterocycles. The number of hydrogen-bond acceptors (Lipinski definition) is 5. The molecule has 0 unspecified atom stereocenters. The Morgan fingerprint density at radius 2 is 1.05 bits per heavy atom. The van der Waals surface area contributed by atoms with E-state index in [1.165, 1.54) is 48.5 Å². The first-order chi connectivity index (χ1) is 10.1. The third kappa shape index (κ3) is 4.15. The van der Waals surface area contributed by atoms with E-state index in [0.29, 0.717) is 23.8 Å². The molecule has 0 fully saturated rings. The van der Waals surface area contributed by atoms with Crippen molar-refractivity contribution in [1.29, 1.82) is 0 Å². The fraction of sp³-hybridized carbons (Fsp3) is 0. The highest BCUT2D eigenvalue weighted by Gasteiger charge is 2.05. The minimum absolute atomic E-state index is 0.164. The van der Waals surface area contributed by atoms with Crippen LogP contribution >= 0.6 is 12.3 Å². The van der Waals surface area contributed by atoms with Gasteiger partial charge in [-0.25, -0.2) is 9.59 Å². The van der Waals surface area contributed by atoms with E-state index in [1.807, 2.05) is 0 Å². The van der Waals surface area contributed by atoms with Crippen molar-refractivity contribution in [3.8, 4) is 11.5 Å². The summed E-state index contributed by atoms with van der Waals surface area (Å²) in [5.41, 5.74) is 0.329. The van der Waals surface area contributed by atoms with E-state index in [2.05, 4.69) is 0 Å². The van der Waals surface area contributed by atoms with Gasteiger partial charge in [-0.1, -0.05) is 0 Å². The lowest BCUT2D eigenvalue weighted by Gasteiger charge is -2.05. The first-order valence-corrected chi connectivity index (χ1v) is 6.41. The Hall–Kier alpha value is -2.67. The monoisotopic (exact) mass is 306 g/mol. The molecular weight excluding hydrogens is 296 g/mol. The molecule has 21 heavy (non-hydrogen) atoms. The first kappa shape index (κ1) is 14.7. The molecule has 0 heterocycles. The van der Waals surface area contributed by atoms with Gasteiger partial charge in [0.15, 0.2) is 0 Å². The summed E-state index contributed by atoms with van der Waals surface area (Å²) in [6.45, 7) is 0. The molecule has 0 aromatic heterocycles. The lowest BCUT2D eigenvalue weighted by molar-refractivity contribution is 0.0686. The molecule has 6 nitrogen and oxygen atoms in total. The molecule has 0 bridgehead atoms. The molecule has 0 saturated carbocycles. The van der Waals surface area contributed by atoms with Crippen LogP contribution in [0.25, 0.3) is 0 Å². The predicted octanol–water partition coefficient (Wildman–Crippen LogP) is 3.10. The summed E-state index contributed by atoms with van der Waals surface area (Å²) in [6, 6.07) is 11.7. The Kier molecular flexibility index (Phi) is 4.68. The van der Waals surface area contributed by atoms with E-state index in [0.717, 1.165) is 0 Å². The maximum Gasteiger partial charge on any atom is 0.335 e. The summed E-state index contributed by atoms with van der Waals surface area (Å²) < 4.78 is 10.4. The van der Waals surface area contributed by atoms with E-state index < -0.39 is 11.9 Å². The largest absolute Gasteiger partial charge is 0.478 e. The van der Waals surface area contributed by atoms with Gasteiger partial charge >= 0.3 is 11.9 Å². The number of carboxylic acids is 2. The fourth-order valence-corrected chi connectivity index (χ4v) is 1.82. The van der Waals surface area contributed by atoms with Gasteiger partial charge in [-0.15, -0.1) is 0 Å². The molecule has 2 N–H and O–H groups in total. The van der Waals surface area contributed by atoms with Crippen LogP contribution in [-0.2, 0) is 0 Å². The van der Waals surface area contributed by atoms with E-state index in [-0.39, 0.29) is 11.1 Å². The second kappa shape index (κ2) is 6.67. The van der Waals surface area contributed by atoms with Crippen LogP contribution in [0.15, 0.2) is 48.5 Å². The quantitative estimate of drug-likeness (QED) is 0.792. The van der Waals surface area contributed by atoms with Gasteiger partial charge in [-0.05, 0) is 48.5 Å². The Bertz CT molecular complexity index is 578. The number of hydrogen-bond donors (Lipinski definition) is 2. The first-order valence-electron chi connectivity index (χ1n) is 5.74. The zero-order valence-electron chi connectivity index (χ0n) is 10.6. The highest BCUT2D eigenvalue weighted by atomic mass is 32.2. The van der Waals surface area contributed by atoms with Crippen LogP contribution in [-0.4, -0.2) is 22.2 Å². The molecule has 0 radical (unpaired) electrons. The van der Waals surface area contributed by atoms with Crippen molar-refractivity contribution in [1.82, 2.24) is 0 Å². The number of rotatable bonds is 6. The van der Waals surface area contributed by atoms with E-state index >= 15 is 0 Å².